The number of rotatable bonds is 7. The van der Waals surface area contributed by atoms with Crippen molar-refractivity contribution in [3.8, 4) is 0 Å². The maximum absolute atomic E-state index is 5.07. The van der Waals surface area contributed by atoms with Crippen molar-refractivity contribution < 1.29 is 4.74 Å². The summed E-state index contributed by atoms with van der Waals surface area (Å²) in [4.78, 5) is 12.6. The van der Waals surface area contributed by atoms with E-state index in [9.17, 15) is 0 Å². The number of para-hydroxylation sites is 2. The topological polar surface area (TPSA) is 75.7 Å². The second-order valence-electron chi connectivity index (χ2n) is 5.76. The minimum atomic E-state index is 0.0608. The number of nitrogens with one attached hydrogen (secondary N) is 2. The molecule has 0 aliphatic carbocycles. The number of hydrogen-bond acceptors (Lipinski definition) is 6. The maximum atomic E-state index is 5.07. The summed E-state index contributed by atoms with van der Waals surface area (Å²) >= 11 is 1.38. The van der Waals surface area contributed by atoms with Gasteiger partial charge in [-0.3, -0.25) is 0 Å². The van der Waals surface area contributed by atoms with Gasteiger partial charge in [-0.25, -0.2) is 9.97 Å². The molecule has 0 fully saturated rings. The molecular formula is C16H21N5OS. The minimum Gasteiger partial charge on any atom is -0.384 e. The zero-order valence-corrected chi connectivity index (χ0v) is 14.4. The summed E-state index contributed by atoms with van der Waals surface area (Å²) in [6, 6.07) is 8.12. The van der Waals surface area contributed by atoms with Gasteiger partial charge in [-0.2, -0.15) is 4.37 Å². The Bertz CT molecular complexity index is 734. The van der Waals surface area contributed by atoms with Gasteiger partial charge in [0.25, 0.3) is 0 Å². The largest absolute Gasteiger partial charge is 0.384 e. The summed E-state index contributed by atoms with van der Waals surface area (Å²) < 4.78 is 9.43. The molecule has 0 bridgehead atoms. The van der Waals surface area contributed by atoms with E-state index in [0.29, 0.717) is 12.5 Å². The van der Waals surface area contributed by atoms with E-state index in [0.717, 1.165) is 34.2 Å². The summed E-state index contributed by atoms with van der Waals surface area (Å²) in [6.07, 6.45) is 0.728. The van der Waals surface area contributed by atoms with Crippen LogP contribution in [-0.4, -0.2) is 33.0 Å². The van der Waals surface area contributed by atoms with Gasteiger partial charge in [-0.15, -0.1) is 0 Å². The molecule has 0 saturated carbocycles. The number of H-pyrrole nitrogens is 1. The fraction of sp³-hybridized carbons (Fsp3) is 0.438. The number of fused-ring (bicyclic) bond motifs is 1. The van der Waals surface area contributed by atoms with Crippen molar-refractivity contribution in [1.82, 2.24) is 19.3 Å². The molecule has 0 spiro atoms. The summed E-state index contributed by atoms with van der Waals surface area (Å²) in [5.41, 5.74) is 2.03. The van der Waals surface area contributed by atoms with Crippen LogP contribution < -0.4 is 5.32 Å². The Morgan fingerprint density at radius 1 is 1.26 bits per heavy atom. The Kier molecular flexibility index (Phi) is 4.88. The van der Waals surface area contributed by atoms with E-state index in [4.69, 9.17) is 9.72 Å². The van der Waals surface area contributed by atoms with Gasteiger partial charge in [0.15, 0.2) is 0 Å². The molecule has 7 heteroatoms. The highest BCUT2D eigenvalue weighted by Gasteiger charge is 2.21. The second-order valence-corrected chi connectivity index (χ2v) is 6.52. The van der Waals surface area contributed by atoms with Crippen LogP contribution in [0.25, 0.3) is 11.0 Å². The summed E-state index contributed by atoms with van der Waals surface area (Å²) in [7, 11) is 1.68. The number of aromatic nitrogens is 4. The third-order valence-corrected chi connectivity index (χ3v) is 4.33. The lowest BCUT2D eigenvalue weighted by Crippen LogP contribution is -2.18. The Labute approximate surface area is 139 Å². The van der Waals surface area contributed by atoms with Gasteiger partial charge >= 0.3 is 0 Å². The van der Waals surface area contributed by atoms with E-state index in [1.807, 2.05) is 24.3 Å². The number of methoxy groups -OCH3 is 1. The van der Waals surface area contributed by atoms with Crippen molar-refractivity contribution in [2.24, 2.45) is 5.92 Å². The molecule has 3 rings (SSSR count). The number of benzene rings is 1. The molecule has 3 aromatic rings. The number of anilines is 1. The third kappa shape index (κ3) is 3.68. The molecule has 1 aromatic carbocycles. The monoisotopic (exact) mass is 331 g/mol. The lowest BCUT2D eigenvalue weighted by molar-refractivity contribution is 0.201. The van der Waals surface area contributed by atoms with Crippen LogP contribution in [0.2, 0.25) is 0 Å². The van der Waals surface area contributed by atoms with Crippen molar-refractivity contribution in [3.63, 3.8) is 0 Å². The number of imidazole rings is 1. The molecule has 0 unspecified atom stereocenters. The normalized spacial score (nSPS) is 12.9. The van der Waals surface area contributed by atoms with Gasteiger partial charge in [-0.05, 0) is 18.1 Å². The first-order chi connectivity index (χ1) is 11.2. The van der Waals surface area contributed by atoms with Crippen molar-refractivity contribution in [2.45, 2.75) is 26.3 Å². The van der Waals surface area contributed by atoms with Crippen molar-refractivity contribution in [2.75, 3.05) is 19.0 Å². The van der Waals surface area contributed by atoms with Gasteiger partial charge in [0.05, 0.1) is 23.7 Å². The van der Waals surface area contributed by atoms with Crippen LogP contribution in [0.15, 0.2) is 24.3 Å². The van der Waals surface area contributed by atoms with E-state index < -0.39 is 0 Å². The second kappa shape index (κ2) is 7.06. The molecule has 23 heavy (non-hydrogen) atoms. The zero-order valence-electron chi connectivity index (χ0n) is 13.5. The molecule has 2 heterocycles. The quantitative estimate of drug-likeness (QED) is 0.694. The first kappa shape index (κ1) is 15.9. The molecular weight excluding hydrogens is 310 g/mol. The number of hydrogen-bond donors (Lipinski definition) is 2. The van der Waals surface area contributed by atoms with Crippen LogP contribution in [-0.2, 0) is 11.2 Å². The lowest BCUT2D eigenvalue weighted by Gasteiger charge is -2.19. The Hall–Kier alpha value is -1.99. The Morgan fingerprint density at radius 2 is 2.09 bits per heavy atom. The molecule has 122 valence electrons. The van der Waals surface area contributed by atoms with Gasteiger partial charge in [-0.1, -0.05) is 26.0 Å². The van der Waals surface area contributed by atoms with Crippen LogP contribution in [0.5, 0.6) is 0 Å². The average molecular weight is 331 g/mol. The lowest BCUT2D eigenvalue weighted by atomic mass is 10.0. The van der Waals surface area contributed by atoms with Crippen LogP contribution in [0.3, 0.4) is 0 Å². The van der Waals surface area contributed by atoms with Crippen LogP contribution in [0, 0.1) is 5.92 Å². The van der Waals surface area contributed by atoms with E-state index in [-0.39, 0.29) is 6.04 Å². The fourth-order valence-corrected chi connectivity index (χ4v) is 3.06. The standard InChI is InChI=1S/C16H21N5OS/c1-10(2)14(15-17-11-6-4-5-7-12(11)18-15)20-16-19-13(21-23-16)8-9-22-3/h4-7,10,14H,8-9H2,1-3H3,(H,17,18)(H,19,20,21)/t14-/m0/s1. The summed E-state index contributed by atoms with van der Waals surface area (Å²) in [6.45, 7) is 4.96. The number of aromatic amines is 1. The van der Waals surface area contributed by atoms with Crippen LogP contribution in [0.4, 0.5) is 5.13 Å². The zero-order chi connectivity index (χ0) is 16.2. The van der Waals surface area contributed by atoms with Gasteiger partial charge in [0.2, 0.25) is 5.13 Å². The van der Waals surface area contributed by atoms with Gasteiger partial charge in [0.1, 0.15) is 11.6 Å². The summed E-state index contributed by atoms with van der Waals surface area (Å²) in [5.74, 6) is 2.10. The van der Waals surface area contributed by atoms with E-state index in [2.05, 4.69) is 33.5 Å². The predicted octanol–water partition coefficient (Wildman–Crippen LogP) is 3.41. The smallest absolute Gasteiger partial charge is 0.203 e. The first-order valence-corrected chi connectivity index (χ1v) is 8.47. The summed E-state index contributed by atoms with van der Waals surface area (Å²) in [5, 5.41) is 4.28. The molecule has 2 aromatic heterocycles. The molecule has 0 aliphatic rings. The van der Waals surface area contributed by atoms with Crippen molar-refractivity contribution in [3.05, 3.63) is 35.9 Å². The van der Waals surface area contributed by atoms with Gasteiger partial charge < -0.3 is 15.0 Å². The molecule has 0 radical (unpaired) electrons. The fourth-order valence-electron chi connectivity index (χ4n) is 2.41. The molecule has 2 N–H and O–H groups in total. The molecule has 6 nitrogen and oxygen atoms in total. The predicted molar refractivity (Wildman–Crippen MR) is 92.8 cm³/mol. The number of ether oxygens (including phenoxy) is 1. The van der Waals surface area contributed by atoms with Crippen molar-refractivity contribution in [1.29, 1.82) is 0 Å². The van der Waals surface area contributed by atoms with Crippen molar-refractivity contribution >= 4 is 27.7 Å². The average Bonchev–Trinajstić information content (AvgIpc) is 3.16. The molecule has 0 amide bonds. The Morgan fingerprint density at radius 3 is 2.83 bits per heavy atom. The van der Waals surface area contributed by atoms with Crippen LogP contribution in [0.1, 0.15) is 31.5 Å². The third-order valence-electron chi connectivity index (χ3n) is 3.65. The first-order valence-electron chi connectivity index (χ1n) is 7.70. The molecule has 0 saturated heterocycles. The maximum Gasteiger partial charge on any atom is 0.203 e. The molecule has 1 atom stereocenters. The van der Waals surface area contributed by atoms with E-state index in [1.165, 1.54) is 11.5 Å². The highest BCUT2D eigenvalue weighted by molar-refractivity contribution is 7.09. The highest BCUT2D eigenvalue weighted by atomic mass is 32.1. The number of nitrogens with zero attached hydrogens (tertiary/aromatic N) is 3. The van der Waals surface area contributed by atoms with Gasteiger partial charge in [0, 0.05) is 25.1 Å². The van der Waals surface area contributed by atoms with E-state index in [1.54, 1.807) is 7.11 Å². The minimum absolute atomic E-state index is 0.0608. The Balaban J connectivity index is 1.80. The van der Waals surface area contributed by atoms with Crippen LogP contribution >= 0.6 is 11.5 Å². The SMILES string of the molecule is COCCc1nsc(N[C@H](c2nc3ccccc3[nH]2)C(C)C)n1. The van der Waals surface area contributed by atoms with E-state index >= 15 is 0 Å². The molecule has 0 aliphatic heterocycles. The highest BCUT2D eigenvalue weighted by Crippen LogP contribution is 2.27.